The van der Waals surface area contributed by atoms with Crippen LogP contribution in [0, 0.1) is 18.8 Å². The highest BCUT2D eigenvalue weighted by molar-refractivity contribution is 7.12. The first-order chi connectivity index (χ1) is 13.5. The van der Waals surface area contributed by atoms with Gasteiger partial charge in [-0.05, 0) is 30.5 Å². The van der Waals surface area contributed by atoms with E-state index in [1.807, 2.05) is 42.7 Å². The van der Waals surface area contributed by atoms with E-state index >= 15 is 0 Å². The number of amides is 3. The number of benzene rings is 1. The minimum atomic E-state index is -0.978. The number of nitrogens with one attached hydrogen (secondary N) is 1. The van der Waals surface area contributed by atoms with Crippen molar-refractivity contribution in [3.05, 3.63) is 64.4 Å². The molecular formula is C21H18N2O4S. The van der Waals surface area contributed by atoms with Crippen molar-refractivity contribution in [2.75, 3.05) is 11.4 Å². The normalized spacial score (nSPS) is 30.2. The first kappa shape index (κ1) is 17.3. The van der Waals surface area contributed by atoms with E-state index < -0.39 is 23.5 Å². The summed E-state index contributed by atoms with van der Waals surface area (Å²) in [5.74, 6) is -1.88. The summed E-state index contributed by atoms with van der Waals surface area (Å²) < 4.78 is 6.05. The molecule has 3 aliphatic rings. The lowest BCUT2D eigenvalue weighted by Crippen LogP contribution is -2.48. The summed E-state index contributed by atoms with van der Waals surface area (Å²) in [5.41, 5.74) is 0.655. The number of hydrogen-bond donors (Lipinski definition) is 1. The molecule has 6 nitrogen and oxygen atoms in total. The molecule has 0 spiro atoms. The summed E-state index contributed by atoms with van der Waals surface area (Å²) in [6.45, 7) is 2.11. The summed E-state index contributed by atoms with van der Waals surface area (Å²) in [5, 5.41) is 4.70. The van der Waals surface area contributed by atoms with E-state index in [2.05, 4.69) is 5.32 Å². The Morgan fingerprint density at radius 2 is 2.00 bits per heavy atom. The lowest BCUT2D eigenvalue weighted by molar-refractivity contribution is -0.126. The van der Waals surface area contributed by atoms with Crippen LogP contribution in [0.3, 0.4) is 0 Å². The third-order valence-corrected chi connectivity index (χ3v) is 6.59. The highest BCUT2D eigenvalue weighted by atomic mass is 32.1. The molecule has 5 rings (SSSR count). The number of aryl methyl sites for hydroxylation is 1. The fourth-order valence-corrected chi connectivity index (χ4v) is 5.01. The molecule has 0 aliphatic carbocycles. The van der Waals surface area contributed by atoms with E-state index in [1.54, 1.807) is 18.2 Å². The van der Waals surface area contributed by atoms with Crippen LogP contribution in [0.25, 0.3) is 0 Å². The van der Waals surface area contributed by atoms with Crippen molar-refractivity contribution < 1.29 is 19.1 Å². The number of nitrogens with zero attached hydrogens (tertiary/aromatic N) is 1. The highest BCUT2D eigenvalue weighted by Gasteiger charge is 2.67. The molecule has 4 heterocycles. The quantitative estimate of drug-likeness (QED) is 0.638. The number of thiophene rings is 1. The van der Waals surface area contributed by atoms with Crippen LogP contribution >= 0.6 is 11.3 Å². The van der Waals surface area contributed by atoms with Gasteiger partial charge in [-0.2, -0.15) is 0 Å². The molecule has 28 heavy (non-hydrogen) atoms. The van der Waals surface area contributed by atoms with Crippen molar-refractivity contribution in [1.29, 1.82) is 0 Å². The number of hydrogen-bond acceptors (Lipinski definition) is 5. The molecule has 7 heteroatoms. The third-order valence-electron chi connectivity index (χ3n) is 5.72. The Morgan fingerprint density at radius 1 is 1.21 bits per heavy atom. The van der Waals surface area contributed by atoms with Gasteiger partial charge in [0.05, 0.1) is 35.0 Å². The van der Waals surface area contributed by atoms with Gasteiger partial charge in [0.15, 0.2) is 0 Å². The number of imide groups is 1. The predicted octanol–water partition coefficient (Wildman–Crippen LogP) is 2.30. The van der Waals surface area contributed by atoms with E-state index in [9.17, 15) is 14.4 Å². The van der Waals surface area contributed by atoms with Crippen LogP contribution in [0.4, 0.5) is 5.69 Å². The number of carbonyl (C=O) groups excluding carboxylic acids is 3. The minimum Gasteiger partial charge on any atom is -0.360 e. The zero-order valence-electron chi connectivity index (χ0n) is 15.1. The van der Waals surface area contributed by atoms with Gasteiger partial charge in [-0.25, -0.2) is 4.90 Å². The van der Waals surface area contributed by atoms with Crippen molar-refractivity contribution in [2.45, 2.75) is 18.6 Å². The van der Waals surface area contributed by atoms with Gasteiger partial charge in [-0.3, -0.25) is 14.4 Å². The maximum Gasteiger partial charge on any atom is 0.261 e. The van der Waals surface area contributed by atoms with E-state index in [4.69, 9.17) is 4.74 Å². The molecule has 4 atom stereocenters. The number of carbonyl (C=O) groups is 3. The number of rotatable bonds is 4. The molecule has 2 bridgehead atoms. The van der Waals surface area contributed by atoms with Crippen LogP contribution in [0.5, 0.6) is 0 Å². The Bertz CT molecular complexity index is 998. The minimum absolute atomic E-state index is 0.151. The number of fused-ring (bicyclic) bond motifs is 5. The van der Waals surface area contributed by atoms with Crippen LogP contribution in [-0.4, -0.2) is 36.0 Å². The van der Waals surface area contributed by atoms with Crippen molar-refractivity contribution in [1.82, 2.24) is 5.32 Å². The zero-order valence-corrected chi connectivity index (χ0v) is 15.9. The average Bonchev–Trinajstić information content (AvgIpc) is 3.45. The maximum absolute atomic E-state index is 13.2. The molecule has 1 aromatic heterocycles. The SMILES string of the molecule is Cc1ccc(N2C(=O)[C@@H]3[C@@H](C2=O)[C@@]2(CNC(=O)c4cccs4)C=C[C@H]3O2)cc1. The third kappa shape index (κ3) is 2.40. The maximum atomic E-state index is 13.2. The van der Waals surface area contributed by atoms with E-state index in [1.165, 1.54) is 16.2 Å². The Balaban J connectivity index is 1.42. The van der Waals surface area contributed by atoms with Crippen molar-refractivity contribution in [3.63, 3.8) is 0 Å². The molecule has 0 unspecified atom stereocenters. The lowest BCUT2D eigenvalue weighted by atomic mass is 9.77. The molecule has 2 saturated heterocycles. The van der Waals surface area contributed by atoms with E-state index in [0.717, 1.165) is 5.56 Å². The molecular weight excluding hydrogens is 376 g/mol. The standard InChI is InChI=1S/C21H18N2O4S/c1-12-4-6-13(7-5-12)23-19(25)16-14-8-9-21(27-14,17(16)20(23)26)11-22-18(24)15-3-2-10-28-15/h2-10,14,16-17H,11H2,1H3,(H,22,24)/t14-,16+,17+,21+/m1/s1. The molecule has 3 amide bonds. The molecule has 2 aromatic rings. The van der Waals surface area contributed by atoms with Gasteiger partial charge < -0.3 is 10.1 Å². The molecule has 0 radical (unpaired) electrons. The Labute approximate surface area is 165 Å². The highest BCUT2D eigenvalue weighted by Crippen LogP contribution is 2.52. The Kier molecular flexibility index (Phi) is 3.79. The second kappa shape index (κ2) is 6.12. The largest absolute Gasteiger partial charge is 0.360 e. The van der Waals surface area contributed by atoms with Crippen LogP contribution in [0.1, 0.15) is 15.2 Å². The summed E-state index contributed by atoms with van der Waals surface area (Å²) >= 11 is 1.35. The molecule has 142 valence electrons. The topological polar surface area (TPSA) is 75.7 Å². The Morgan fingerprint density at radius 3 is 2.71 bits per heavy atom. The molecule has 3 aliphatic heterocycles. The van der Waals surface area contributed by atoms with Gasteiger partial charge in [0.1, 0.15) is 5.60 Å². The van der Waals surface area contributed by atoms with Crippen LogP contribution in [0.15, 0.2) is 53.9 Å². The van der Waals surface area contributed by atoms with Gasteiger partial charge in [-0.1, -0.05) is 35.9 Å². The zero-order chi connectivity index (χ0) is 19.5. The second-order valence-corrected chi connectivity index (χ2v) is 8.36. The summed E-state index contributed by atoms with van der Waals surface area (Å²) in [6, 6.07) is 10.9. The van der Waals surface area contributed by atoms with E-state index in [0.29, 0.717) is 10.6 Å². The van der Waals surface area contributed by atoms with Crippen LogP contribution < -0.4 is 10.2 Å². The molecule has 1 N–H and O–H groups in total. The van der Waals surface area contributed by atoms with E-state index in [-0.39, 0.29) is 24.3 Å². The van der Waals surface area contributed by atoms with Gasteiger partial charge in [0, 0.05) is 0 Å². The molecule has 2 fully saturated rings. The smallest absolute Gasteiger partial charge is 0.261 e. The average molecular weight is 394 g/mol. The summed E-state index contributed by atoms with van der Waals surface area (Å²) in [7, 11) is 0. The fourth-order valence-electron chi connectivity index (χ4n) is 4.37. The fraction of sp³-hybridized carbons (Fsp3) is 0.286. The summed E-state index contributed by atoms with van der Waals surface area (Å²) in [4.78, 5) is 40.5. The predicted molar refractivity (Wildman–Crippen MR) is 104 cm³/mol. The van der Waals surface area contributed by atoms with Gasteiger partial charge in [-0.15, -0.1) is 11.3 Å². The molecule has 1 aromatic carbocycles. The Hall–Kier alpha value is -2.77. The molecule has 0 saturated carbocycles. The second-order valence-electron chi connectivity index (χ2n) is 7.41. The van der Waals surface area contributed by atoms with Gasteiger partial charge in [0.25, 0.3) is 5.91 Å². The lowest BCUT2D eigenvalue weighted by Gasteiger charge is -2.29. The first-order valence-corrected chi connectivity index (χ1v) is 10.0. The van der Waals surface area contributed by atoms with Crippen molar-refractivity contribution in [3.8, 4) is 0 Å². The first-order valence-electron chi connectivity index (χ1n) is 9.13. The number of ether oxygens (including phenoxy) is 1. The van der Waals surface area contributed by atoms with Crippen LogP contribution in [-0.2, 0) is 14.3 Å². The van der Waals surface area contributed by atoms with Crippen molar-refractivity contribution >= 4 is 34.7 Å². The summed E-state index contributed by atoms with van der Waals surface area (Å²) in [6.07, 6.45) is 3.23. The van der Waals surface area contributed by atoms with Crippen LogP contribution in [0.2, 0.25) is 0 Å². The van der Waals surface area contributed by atoms with Gasteiger partial charge in [0.2, 0.25) is 11.8 Å². The number of anilines is 1. The monoisotopic (exact) mass is 394 g/mol. The van der Waals surface area contributed by atoms with Gasteiger partial charge >= 0.3 is 0 Å². The van der Waals surface area contributed by atoms with Crippen molar-refractivity contribution in [2.24, 2.45) is 11.8 Å².